The molecule has 20 heavy (non-hydrogen) atoms. The fourth-order valence-corrected chi connectivity index (χ4v) is 2.17. The summed E-state index contributed by atoms with van der Waals surface area (Å²) >= 11 is 5.88. The van der Waals surface area contributed by atoms with E-state index in [9.17, 15) is 0 Å². The van der Waals surface area contributed by atoms with E-state index >= 15 is 0 Å². The number of hydrogen-bond acceptors (Lipinski definition) is 3. The Morgan fingerprint density at radius 1 is 1.20 bits per heavy atom. The average molecular weight is 291 g/mol. The largest absolute Gasteiger partial charge is 0.494 e. The van der Waals surface area contributed by atoms with Crippen LogP contribution in [0, 0.1) is 6.92 Å². The van der Waals surface area contributed by atoms with Crippen molar-refractivity contribution in [3.05, 3.63) is 64.7 Å². The zero-order valence-electron chi connectivity index (χ0n) is 11.5. The Kier molecular flexibility index (Phi) is 5.41. The third kappa shape index (κ3) is 4.23. The molecule has 0 radical (unpaired) electrons. The molecule has 0 aliphatic carbocycles. The minimum atomic E-state index is 0.0528. The van der Waals surface area contributed by atoms with E-state index in [-0.39, 0.29) is 6.04 Å². The molecular formula is C16H19ClN2O. The van der Waals surface area contributed by atoms with Gasteiger partial charge in [0.25, 0.3) is 0 Å². The fraction of sp³-hybridized carbons (Fsp3) is 0.250. The Labute approximate surface area is 124 Å². The van der Waals surface area contributed by atoms with Crippen molar-refractivity contribution in [2.24, 2.45) is 5.84 Å². The maximum atomic E-state index is 5.88. The van der Waals surface area contributed by atoms with Crippen molar-refractivity contribution in [1.82, 2.24) is 5.43 Å². The van der Waals surface area contributed by atoms with Gasteiger partial charge in [-0.2, -0.15) is 0 Å². The number of halogens is 1. The van der Waals surface area contributed by atoms with Crippen molar-refractivity contribution in [3.8, 4) is 5.75 Å². The predicted molar refractivity (Wildman–Crippen MR) is 82.8 cm³/mol. The molecule has 0 aliphatic heterocycles. The number of nitrogens with two attached hydrogens (primary N) is 1. The molecule has 0 spiro atoms. The Morgan fingerprint density at radius 2 is 1.95 bits per heavy atom. The number of aryl methyl sites for hydroxylation is 1. The van der Waals surface area contributed by atoms with Gasteiger partial charge in [-0.05, 0) is 42.3 Å². The minimum absolute atomic E-state index is 0.0528. The topological polar surface area (TPSA) is 47.3 Å². The summed E-state index contributed by atoms with van der Waals surface area (Å²) in [6.07, 6.45) is 0.784. The Morgan fingerprint density at radius 3 is 2.60 bits per heavy atom. The van der Waals surface area contributed by atoms with Crippen LogP contribution in [0.4, 0.5) is 0 Å². The lowest BCUT2D eigenvalue weighted by molar-refractivity contribution is 0.287. The molecule has 106 valence electrons. The van der Waals surface area contributed by atoms with Gasteiger partial charge in [-0.25, -0.2) is 0 Å². The van der Waals surface area contributed by atoms with Crippen LogP contribution in [0.5, 0.6) is 5.75 Å². The van der Waals surface area contributed by atoms with Crippen LogP contribution >= 0.6 is 11.6 Å². The third-order valence-corrected chi connectivity index (χ3v) is 3.39. The van der Waals surface area contributed by atoms with E-state index in [1.54, 1.807) is 0 Å². The van der Waals surface area contributed by atoms with Gasteiger partial charge in [0.2, 0.25) is 0 Å². The molecule has 4 heteroatoms. The molecule has 0 bridgehead atoms. The molecule has 3 N–H and O–H groups in total. The zero-order valence-corrected chi connectivity index (χ0v) is 12.2. The maximum absolute atomic E-state index is 5.88. The van der Waals surface area contributed by atoms with Gasteiger partial charge in [-0.1, -0.05) is 35.9 Å². The molecule has 2 aromatic carbocycles. The summed E-state index contributed by atoms with van der Waals surface area (Å²) in [5.41, 5.74) is 5.10. The van der Waals surface area contributed by atoms with Gasteiger partial charge in [0.1, 0.15) is 5.75 Å². The van der Waals surface area contributed by atoms with Crippen LogP contribution in [0.2, 0.25) is 5.02 Å². The lowest BCUT2D eigenvalue weighted by Crippen LogP contribution is -2.29. The molecule has 0 saturated heterocycles. The summed E-state index contributed by atoms with van der Waals surface area (Å²) in [7, 11) is 0. The molecule has 0 aliphatic rings. The fourth-order valence-electron chi connectivity index (χ4n) is 2.04. The smallest absolute Gasteiger partial charge is 0.119 e. The van der Waals surface area contributed by atoms with E-state index in [1.807, 2.05) is 55.5 Å². The molecular weight excluding hydrogens is 272 g/mol. The number of rotatable bonds is 6. The first-order valence-corrected chi connectivity index (χ1v) is 6.98. The summed E-state index contributed by atoms with van der Waals surface area (Å²) in [6.45, 7) is 2.64. The third-order valence-electron chi connectivity index (χ3n) is 3.14. The molecule has 1 atom stereocenters. The second kappa shape index (κ2) is 7.29. The summed E-state index contributed by atoms with van der Waals surface area (Å²) in [6, 6.07) is 15.7. The second-order valence-electron chi connectivity index (χ2n) is 4.72. The molecule has 2 aromatic rings. The maximum Gasteiger partial charge on any atom is 0.119 e. The molecule has 0 heterocycles. The Hall–Kier alpha value is -1.55. The monoisotopic (exact) mass is 290 g/mol. The van der Waals surface area contributed by atoms with Crippen molar-refractivity contribution in [3.63, 3.8) is 0 Å². The summed E-state index contributed by atoms with van der Waals surface area (Å²) < 4.78 is 5.74. The number of nitrogens with one attached hydrogen (secondary N) is 1. The van der Waals surface area contributed by atoms with E-state index in [4.69, 9.17) is 22.2 Å². The first kappa shape index (κ1) is 14.9. The highest BCUT2D eigenvalue weighted by Crippen LogP contribution is 2.19. The van der Waals surface area contributed by atoms with E-state index in [0.29, 0.717) is 6.61 Å². The van der Waals surface area contributed by atoms with E-state index in [2.05, 4.69) is 5.43 Å². The van der Waals surface area contributed by atoms with Crippen LogP contribution in [0.15, 0.2) is 48.5 Å². The van der Waals surface area contributed by atoms with Crippen LogP contribution in [0.25, 0.3) is 0 Å². The van der Waals surface area contributed by atoms with Crippen molar-refractivity contribution in [2.75, 3.05) is 6.61 Å². The second-order valence-corrected chi connectivity index (χ2v) is 5.16. The molecule has 3 nitrogen and oxygen atoms in total. The lowest BCUT2D eigenvalue weighted by atomic mass is 10.1. The summed E-state index contributed by atoms with van der Waals surface area (Å²) in [5.74, 6) is 6.49. The number of hydrazine groups is 1. The first-order valence-electron chi connectivity index (χ1n) is 6.60. The van der Waals surface area contributed by atoms with Gasteiger partial charge >= 0.3 is 0 Å². The number of ether oxygens (including phenoxy) is 1. The van der Waals surface area contributed by atoms with Gasteiger partial charge in [0.15, 0.2) is 0 Å². The van der Waals surface area contributed by atoms with Crippen molar-refractivity contribution in [2.45, 2.75) is 19.4 Å². The molecule has 1 unspecified atom stereocenters. The minimum Gasteiger partial charge on any atom is -0.494 e. The highest BCUT2D eigenvalue weighted by atomic mass is 35.5. The van der Waals surface area contributed by atoms with E-state index in [1.165, 1.54) is 5.56 Å². The predicted octanol–water partition coefficient (Wildman–Crippen LogP) is 3.62. The zero-order chi connectivity index (χ0) is 14.4. The standard InChI is InChI=1S/C16H19ClN2O/c1-12-3-2-4-15(11-12)20-10-9-16(19-18)13-5-7-14(17)8-6-13/h2-8,11,16,19H,9-10,18H2,1H3. The first-order chi connectivity index (χ1) is 9.69. The van der Waals surface area contributed by atoms with Crippen LogP contribution in [0.3, 0.4) is 0 Å². The molecule has 0 fully saturated rings. The van der Waals surface area contributed by atoms with Gasteiger partial charge in [-0.3, -0.25) is 11.3 Å². The lowest BCUT2D eigenvalue weighted by Gasteiger charge is -2.17. The molecule has 0 amide bonds. The quantitative estimate of drug-likeness (QED) is 0.631. The average Bonchev–Trinajstić information content (AvgIpc) is 2.45. The molecule has 0 saturated carbocycles. The van der Waals surface area contributed by atoms with Crippen molar-refractivity contribution < 1.29 is 4.74 Å². The summed E-state index contributed by atoms with van der Waals surface area (Å²) in [5, 5.41) is 0.723. The Bertz CT molecular complexity index is 542. The summed E-state index contributed by atoms with van der Waals surface area (Å²) in [4.78, 5) is 0. The van der Waals surface area contributed by atoms with Crippen LogP contribution in [-0.4, -0.2) is 6.61 Å². The van der Waals surface area contributed by atoms with E-state index in [0.717, 1.165) is 22.8 Å². The van der Waals surface area contributed by atoms with Crippen LogP contribution in [-0.2, 0) is 0 Å². The Balaban J connectivity index is 1.89. The van der Waals surface area contributed by atoms with Crippen molar-refractivity contribution >= 4 is 11.6 Å². The van der Waals surface area contributed by atoms with E-state index < -0.39 is 0 Å². The van der Waals surface area contributed by atoms with Gasteiger partial charge < -0.3 is 4.74 Å². The van der Waals surface area contributed by atoms with Gasteiger partial charge in [0, 0.05) is 17.5 Å². The SMILES string of the molecule is Cc1cccc(OCCC(NN)c2ccc(Cl)cc2)c1. The number of benzene rings is 2. The molecule has 2 rings (SSSR count). The number of hydrogen-bond donors (Lipinski definition) is 2. The van der Waals surface area contributed by atoms with Crippen LogP contribution < -0.4 is 16.0 Å². The molecule has 0 aromatic heterocycles. The van der Waals surface area contributed by atoms with Crippen LogP contribution in [0.1, 0.15) is 23.6 Å². The normalized spacial score (nSPS) is 12.2. The highest BCUT2D eigenvalue weighted by molar-refractivity contribution is 6.30. The van der Waals surface area contributed by atoms with Gasteiger partial charge in [0.05, 0.1) is 6.61 Å². The van der Waals surface area contributed by atoms with Crippen molar-refractivity contribution in [1.29, 1.82) is 0 Å². The highest BCUT2D eigenvalue weighted by Gasteiger charge is 2.09. The van der Waals surface area contributed by atoms with Gasteiger partial charge in [-0.15, -0.1) is 0 Å².